The molecule has 4 rings (SSSR count). The number of hydrogen-bond donors (Lipinski definition) is 1. The van der Waals surface area contributed by atoms with Crippen molar-refractivity contribution in [1.29, 1.82) is 5.26 Å². The van der Waals surface area contributed by atoms with E-state index in [1.807, 2.05) is 11.4 Å². The number of halogens is 1. The quantitative estimate of drug-likeness (QED) is 0.208. The van der Waals surface area contributed by atoms with E-state index in [-0.39, 0.29) is 42.2 Å². The topological polar surface area (TPSA) is 56.1 Å². The van der Waals surface area contributed by atoms with Gasteiger partial charge in [-0.05, 0) is 31.8 Å². The summed E-state index contributed by atoms with van der Waals surface area (Å²) >= 11 is 0. The maximum absolute atomic E-state index is 10.9. The molecule has 0 heterocycles. The first-order valence-electron chi connectivity index (χ1n) is 14.6. The second-order valence-electron chi connectivity index (χ2n) is 9.33. The number of rotatable bonds is 4. The largest absolute Gasteiger partial charge is 4.00 e. The van der Waals surface area contributed by atoms with Crippen LogP contribution in [0.5, 0.6) is 0 Å². The summed E-state index contributed by atoms with van der Waals surface area (Å²) in [6, 6.07) is 8.58. The van der Waals surface area contributed by atoms with Crippen LogP contribution < -0.4 is 17.7 Å². The van der Waals surface area contributed by atoms with E-state index in [2.05, 4.69) is 44.9 Å². The van der Waals surface area contributed by atoms with Crippen molar-refractivity contribution in [2.75, 3.05) is 19.6 Å². The third-order valence-corrected chi connectivity index (χ3v) is 6.50. The second kappa shape index (κ2) is 34.3. The van der Waals surface area contributed by atoms with E-state index < -0.39 is 0 Å². The molecule has 1 aromatic carbocycles. The molecule has 0 aliphatic heterocycles. The first kappa shape index (κ1) is 41.7. The van der Waals surface area contributed by atoms with Gasteiger partial charge in [-0.25, -0.2) is 0 Å². The summed E-state index contributed by atoms with van der Waals surface area (Å²) in [7, 11) is 0. The number of nitriles is 1. The van der Waals surface area contributed by atoms with Gasteiger partial charge >= 0.3 is 23.9 Å². The van der Waals surface area contributed by atoms with Crippen LogP contribution in [0.2, 0.25) is 0 Å². The van der Waals surface area contributed by atoms with Gasteiger partial charge in [-0.15, -0.1) is 0 Å². The van der Waals surface area contributed by atoms with E-state index in [1.54, 1.807) is 30.5 Å². The summed E-state index contributed by atoms with van der Waals surface area (Å²) in [6.07, 6.45) is 30.1. The van der Waals surface area contributed by atoms with Gasteiger partial charge < -0.3 is 36.6 Å². The van der Waals surface area contributed by atoms with E-state index in [0.717, 1.165) is 0 Å². The van der Waals surface area contributed by atoms with Gasteiger partial charge in [-0.3, -0.25) is 10.1 Å². The van der Waals surface area contributed by atoms with Crippen molar-refractivity contribution in [3.63, 3.8) is 0 Å². The number of nitrogens with zero attached hydrogens (tertiary/aromatic N) is 2. The third-order valence-electron chi connectivity index (χ3n) is 6.50. The molecule has 3 saturated carbocycles. The Kier molecular flexibility index (Phi) is 37.6. The molecule has 0 radical (unpaired) electrons. The summed E-state index contributed by atoms with van der Waals surface area (Å²) in [5, 5.41) is 10.1. The Balaban J connectivity index is -0.000000407. The van der Waals surface area contributed by atoms with Crippen molar-refractivity contribution in [1.82, 2.24) is 10.2 Å². The minimum Gasteiger partial charge on any atom is -1.00 e. The van der Waals surface area contributed by atoms with Crippen molar-refractivity contribution in [2.45, 2.75) is 117 Å². The molecule has 38 heavy (non-hydrogen) atoms. The maximum atomic E-state index is 10.9. The molecule has 3 fully saturated rings. The third kappa shape index (κ3) is 28.2. The molecule has 0 bridgehead atoms. The van der Waals surface area contributed by atoms with Gasteiger partial charge in [0.05, 0.1) is 0 Å². The SMILES string of the molecule is CCN(CC)CC.N#CNC(=O)c1ccccc1.[CH-]1CCCCC1.[CH-]1CCCCC1.[CH-]1CCCCC1.[Cl-].[Sn+4]. The van der Waals surface area contributed by atoms with E-state index in [1.165, 1.54) is 116 Å². The summed E-state index contributed by atoms with van der Waals surface area (Å²) in [5.74, 6) is -0.367. The van der Waals surface area contributed by atoms with Crippen LogP contribution in [-0.4, -0.2) is 54.3 Å². The van der Waals surface area contributed by atoms with Crippen LogP contribution in [0.3, 0.4) is 0 Å². The Morgan fingerprint density at radius 2 is 1.08 bits per heavy atom. The van der Waals surface area contributed by atoms with Gasteiger partial charge in [-0.1, -0.05) is 96.8 Å². The average Bonchev–Trinajstić information content (AvgIpc) is 2.99. The number of carbonyl (C=O) groups excluding carboxylic acids is 1. The summed E-state index contributed by atoms with van der Waals surface area (Å²) in [4.78, 5) is 13.3. The van der Waals surface area contributed by atoms with Crippen molar-refractivity contribution in [3.05, 3.63) is 55.2 Å². The standard InChI is InChI=1S/C8H6N2O.C6H15N.3C6H11.ClH.Sn/c9-6-10-8(11)7-4-2-1-3-5-7;1-4-7(5-2)6-3;3*1-2-4-6-5-3-1;;/h1-5H,(H,10,11);4-6H2,1-3H3;3*1H,2-6H2;1H;/q;;3*-1;;+4/p-1. The number of carbonyl (C=O) groups is 1. The van der Waals surface area contributed by atoms with Crippen LogP contribution in [0.4, 0.5) is 0 Å². The first-order chi connectivity index (χ1) is 17.7. The average molecular weight is 651 g/mol. The molecule has 1 aromatic rings. The zero-order valence-corrected chi connectivity index (χ0v) is 28.1. The van der Waals surface area contributed by atoms with Gasteiger partial charge in [-0.2, -0.15) is 43.8 Å². The monoisotopic (exact) mass is 651 g/mol. The van der Waals surface area contributed by atoms with Crippen LogP contribution in [0.15, 0.2) is 30.3 Å². The van der Waals surface area contributed by atoms with Gasteiger partial charge in [0.1, 0.15) is 0 Å². The zero-order valence-electron chi connectivity index (χ0n) is 24.5. The van der Waals surface area contributed by atoms with Gasteiger partial charge in [0, 0.05) is 5.56 Å². The maximum Gasteiger partial charge on any atom is 4.00 e. The fourth-order valence-electron chi connectivity index (χ4n) is 4.08. The summed E-state index contributed by atoms with van der Waals surface area (Å²) in [6.45, 7) is 10.1. The molecule has 3 aliphatic rings. The smallest absolute Gasteiger partial charge is 1.00 e. The molecule has 0 unspecified atom stereocenters. The molecule has 3 aliphatic carbocycles. The van der Waals surface area contributed by atoms with Crippen molar-refractivity contribution < 1.29 is 17.2 Å². The molecule has 1 N–H and O–H groups in total. The number of hydrogen-bond acceptors (Lipinski definition) is 3. The van der Waals surface area contributed by atoms with E-state index in [4.69, 9.17) is 5.26 Å². The van der Waals surface area contributed by atoms with Crippen molar-refractivity contribution >= 4 is 29.8 Å². The number of nitrogens with one attached hydrogen (secondary N) is 1. The Morgan fingerprint density at radius 3 is 1.26 bits per heavy atom. The van der Waals surface area contributed by atoms with E-state index >= 15 is 0 Å². The summed E-state index contributed by atoms with van der Waals surface area (Å²) in [5.41, 5.74) is 0.494. The molecule has 214 valence electrons. The van der Waals surface area contributed by atoms with Crippen LogP contribution in [0, 0.1) is 30.7 Å². The molecule has 0 atom stereocenters. The molecule has 4 nitrogen and oxygen atoms in total. The zero-order chi connectivity index (χ0) is 26.5. The minimum atomic E-state index is -0.367. The molecule has 0 aromatic heterocycles. The predicted octanol–water partition coefficient (Wildman–Crippen LogP) is 5.33. The molecule has 0 saturated heterocycles. The van der Waals surface area contributed by atoms with Crippen LogP contribution in [0.1, 0.15) is 127 Å². The van der Waals surface area contributed by atoms with Crippen LogP contribution in [0.25, 0.3) is 0 Å². The van der Waals surface area contributed by atoms with E-state index in [0.29, 0.717) is 5.56 Å². The van der Waals surface area contributed by atoms with Crippen molar-refractivity contribution in [3.8, 4) is 6.19 Å². The fourth-order valence-corrected chi connectivity index (χ4v) is 4.08. The predicted molar refractivity (Wildman–Crippen MR) is 161 cm³/mol. The van der Waals surface area contributed by atoms with Crippen LogP contribution in [-0.2, 0) is 0 Å². The Hall–Kier alpha value is -0.771. The Morgan fingerprint density at radius 1 is 0.737 bits per heavy atom. The molecule has 1 amide bonds. The number of amides is 1. The van der Waals surface area contributed by atoms with E-state index in [9.17, 15) is 4.79 Å². The van der Waals surface area contributed by atoms with Gasteiger partial charge in [0.15, 0.2) is 6.19 Å². The molecule has 0 spiro atoms. The van der Waals surface area contributed by atoms with Gasteiger partial charge in [0.25, 0.3) is 5.91 Å². The Bertz CT molecular complexity index is 555. The number of benzene rings is 1. The normalized spacial score (nSPS) is 15.7. The fraction of sp³-hybridized carbons (Fsp3) is 0.656. The molecular weight excluding hydrogens is 597 g/mol. The first-order valence-corrected chi connectivity index (χ1v) is 14.6. The second-order valence-corrected chi connectivity index (χ2v) is 9.33. The minimum absolute atomic E-state index is 0. The van der Waals surface area contributed by atoms with Crippen LogP contribution >= 0.6 is 0 Å². The molecule has 6 heteroatoms. The van der Waals surface area contributed by atoms with Crippen molar-refractivity contribution in [2.24, 2.45) is 0 Å². The summed E-state index contributed by atoms with van der Waals surface area (Å²) < 4.78 is 0. The Labute approximate surface area is 259 Å². The molecular formula is C32H54ClN3OSn. The van der Waals surface area contributed by atoms with Gasteiger partial charge in [0.2, 0.25) is 0 Å².